The minimum Gasteiger partial charge on any atom is -0.297 e. The van der Waals surface area contributed by atoms with Crippen molar-refractivity contribution in [1.29, 1.82) is 0 Å². The molecule has 2 N–H and O–H groups in total. The second kappa shape index (κ2) is 13.5. The van der Waals surface area contributed by atoms with E-state index in [1.54, 1.807) is 0 Å². The normalized spacial score (nSPS) is 19.8. The molecular formula is C42H56N2O2P2. The summed E-state index contributed by atoms with van der Waals surface area (Å²) in [6.45, 7) is 24.3. The molecule has 4 aromatic rings. The summed E-state index contributed by atoms with van der Waals surface area (Å²) in [7, 11) is -6.44. The Hall–Kier alpha value is -2.74. The van der Waals surface area contributed by atoms with Crippen LogP contribution >= 0.6 is 14.6 Å². The highest BCUT2D eigenvalue weighted by Crippen LogP contribution is 2.52. The molecule has 1 aliphatic carbocycles. The van der Waals surface area contributed by atoms with Gasteiger partial charge in [-0.2, -0.15) is 0 Å². The molecule has 0 bridgehead atoms. The first kappa shape index (κ1) is 36.5. The zero-order chi connectivity index (χ0) is 35.2. The van der Waals surface area contributed by atoms with Crippen LogP contribution in [0.3, 0.4) is 0 Å². The van der Waals surface area contributed by atoms with Crippen molar-refractivity contribution in [1.82, 2.24) is 10.2 Å². The van der Waals surface area contributed by atoms with Crippen LogP contribution in [0.5, 0.6) is 0 Å². The molecule has 4 aromatic carbocycles. The molecule has 2 unspecified atom stereocenters. The van der Waals surface area contributed by atoms with Crippen LogP contribution in [-0.2, 0) is 9.13 Å². The summed E-state index contributed by atoms with van der Waals surface area (Å²) in [6.07, 6.45) is 2.71. The smallest absolute Gasteiger partial charge is 0.205 e. The minimum absolute atomic E-state index is 0.00649. The van der Waals surface area contributed by atoms with E-state index < -0.39 is 14.6 Å². The molecule has 0 amide bonds. The summed E-state index contributed by atoms with van der Waals surface area (Å²) in [4.78, 5) is 0. The van der Waals surface area contributed by atoms with Crippen LogP contribution < -0.4 is 31.4 Å². The Morgan fingerprint density at radius 2 is 0.917 bits per heavy atom. The number of benzene rings is 4. The van der Waals surface area contributed by atoms with Gasteiger partial charge in [-0.05, 0) is 154 Å². The largest absolute Gasteiger partial charge is 0.297 e. The average Bonchev–Trinajstić information content (AvgIpc) is 3.00. The maximum Gasteiger partial charge on any atom is 0.205 e. The molecule has 0 radical (unpaired) electrons. The highest BCUT2D eigenvalue weighted by Gasteiger charge is 2.45. The Balaban J connectivity index is 1.55. The van der Waals surface area contributed by atoms with Crippen molar-refractivity contribution in [2.75, 3.05) is 6.54 Å². The SMILES string of the molecule is Cc1cccc(P(=O)(NCC2(C)CC(NP(=O)(c3cccc(C)c3C)c3cccc(C)c3C)CC(C)(C)C2)c2cccc(C)c2C)c1C. The van der Waals surface area contributed by atoms with E-state index in [1.165, 1.54) is 0 Å². The van der Waals surface area contributed by atoms with Crippen molar-refractivity contribution >= 4 is 35.8 Å². The number of aryl methyl sites for hydroxylation is 4. The first-order chi connectivity index (χ1) is 22.4. The van der Waals surface area contributed by atoms with Gasteiger partial charge in [-0.15, -0.1) is 0 Å². The molecular weight excluding hydrogens is 626 g/mol. The Morgan fingerprint density at radius 1 is 0.562 bits per heavy atom. The summed E-state index contributed by atoms with van der Waals surface area (Å²) in [5, 5.41) is 11.2. The van der Waals surface area contributed by atoms with Crippen molar-refractivity contribution in [2.24, 2.45) is 10.8 Å². The van der Waals surface area contributed by atoms with Gasteiger partial charge < -0.3 is 0 Å². The molecule has 0 heterocycles. The average molecular weight is 683 g/mol. The van der Waals surface area contributed by atoms with E-state index in [2.05, 4.69) is 123 Å². The van der Waals surface area contributed by atoms with E-state index in [0.717, 1.165) is 85.0 Å². The van der Waals surface area contributed by atoms with Gasteiger partial charge in [0.15, 0.2) is 0 Å². The highest BCUT2D eigenvalue weighted by molar-refractivity contribution is 7.77. The van der Waals surface area contributed by atoms with E-state index in [-0.39, 0.29) is 16.9 Å². The van der Waals surface area contributed by atoms with Crippen LogP contribution in [-0.4, -0.2) is 12.6 Å². The van der Waals surface area contributed by atoms with Crippen LogP contribution in [0.1, 0.15) is 84.5 Å². The molecule has 0 aromatic heterocycles. The van der Waals surface area contributed by atoms with Crippen molar-refractivity contribution < 1.29 is 9.13 Å². The van der Waals surface area contributed by atoms with E-state index in [9.17, 15) is 0 Å². The molecule has 2 atom stereocenters. The first-order valence-electron chi connectivity index (χ1n) is 17.4. The van der Waals surface area contributed by atoms with Gasteiger partial charge in [0.1, 0.15) is 0 Å². The molecule has 1 fully saturated rings. The Morgan fingerprint density at radius 3 is 1.29 bits per heavy atom. The zero-order valence-corrected chi connectivity index (χ0v) is 32.8. The van der Waals surface area contributed by atoms with Crippen LogP contribution in [0.4, 0.5) is 0 Å². The van der Waals surface area contributed by atoms with Gasteiger partial charge in [0.05, 0.1) is 0 Å². The molecule has 256 valence electrons. The van der Waals surface area contributed by atoms with E-state index >= 15 is 9.13 Å². The van der Waals surface area contributed by atoms with E-state index in [4.69, 9.17) is 0 Å². The zero-order valence-electron chi connectivity index (χ0n) is 31.0. The summed E-state index contributed by atoms with van der Waals surface area (Å²) < 4.78 is 31.3. The second-order valence-corrected chi connectivity index (χ2v) is 20.8. The van der Waals surface area contributed by atoms with Gasteiger partial charge in [0.25, 0.3) is 0 Å². The fraction of sp³-hybridized carbons (Fsp3) is 0.429. The Labute approximate surface area is 290 Å². The Kier molecular flexibility index (Phi) is 10.3. The third kappa shape index (κ3) is 6.97. The van der Waals surface area contributed by atoms with Crippen molar-refractivity contribution in [3.05, 3.63) is 117 Å². The van der Waals surface area contributed by atoms with Gasteiger partial charge >= 0.3 is 0 Å². The van der Waals surface area contributed by atoms with Crippen LogP contribution in [0.25, 0.3) is 0 Å². The highest BCUT2D eigenvalue weighted by atomic mass is 31.2. The summed E-state index contributed by atoms with van der Waals surface area (Å²) in [5.74, 6) is 0. The summed E-state index contributed by atoms with van der Waals surface area (Å²) in [5.41, 5.74) is 8.68. The number of hydrogen-bond acceptors (Lipinski definition) is 2. The number of hydrogen-bond donors (Lipinski definition) is 2. The standard InChI is InChI=1S/C42H56N2O2P2/c1-28-16-12-20-37(32(28)5)47(45,38-21-13-17-29(2)33(38)6)43-27-42(11)25-36(24-41(9,10)26-42)44-48(46,39-22-14-18-30(3)34(39)7)40-23-15-19-31(4)35(40)8/h12-23,36H,24-27H2,1-11H3,(H,43,45)(H,44,46). The fourth-order valence-electron chi connectivity index (χ4n) is 8.29. The topological polar surface area (TPSA) is 58.2 Å². The van der Waals surface area contributed by atoms with Crippen LogP contribution in [0.2, 0.25) is 0 Å². The summed E-state index contributed by atoms with van der Waals surface area (Å²) in [6, 6.07) is 24.7. The fourth-order valence-corrected chi connectivity index (χ4v) is 14.5. The minimum atomic E-state index is -3.23. The lowest BCUT2D eigenvalue weighted by Crippen LogP contribution is -2.49. The number of rotatable bonds is 9. The molecule has 5 rings (SSSR count). The van der Waals surface area contributed by atoms with Crippen molar-refractivity contribution in [3.63, 3.8) is 0 Å². The lowest BCUT2D eigenvalue weighted by atomic mass is 9.63. The van der Waals surface area contributed by atoms with Gasteiger partial charge in [-0.3, -0.25) is 19.3 Å². The lowest BCUT2D eigenvalue weighted by Gasteiger charge is -2.48. The van der Waals surface area contributed by atoms with Crippen molar-refractivity contribution in [3.8, 4) is 0 Å². The quantitative estimate of drug-likeness (QED) is 0.173. The van der Waals surface area contributed by atoms with E-state index in [0.29, 0.717) is 6.54 Å². The molecule has 4 nitrogen and oxygen atoms in total. The molecule has 1 saturated carbocycles. The molecule has 1 aliphatic rings. The molecule has 0 aliphatic heterocycles. The number of nitrogens with one attached hydrogen (secondary N) is 2. The van der Waals surface area contributed by atoms with Crippen LogP contribution in [0.15, 0.2) is 72.8 Å². The lowest BCUT2D eigenvalue weighted by molar-refractivity contribution is 0.0821. The van der Waals surface area contributed by atoms with E-state index in [1.807, 2.05) is 36.4 Å². The van der Waals surface area contributed by atoms with Gasteiger partial charge in [0.2, 0.25) is 14.6 Å². The maximum absolute atomic E-state index is 15.7. The predicted octanol–water partition coefficient (Wildman–Crippen LogP) is 9.08. The molecule has 48 heavy (non-hydrogen) atoms. The predicted molar refractivity (Wildman–Crippen MR) is 208 cm³/mol. The van der Waals surface area contributed by atoms with Crippen molar-refractivity contribution in [2.45, 2.75) is 101 Å². The second-order valence-electron chi connectivity index (χ2n) is 15.8. The molecule has 0 spiro atoms. The van der Waals surface area contributed by atoms with Gasteiger partial charge in [0, 0.05) is 33.8 Å². The van der Waals surface area contributed by atoms with Gasteiger partial charge in [-0.25, -0.2) is 0 Å². The monoisotopic (exact) mass is 682 g/mol. The molecule has 6 heteroatoms. The summed E-state index contributed by atoms with van der Waals surface area (Å²) >= 11 is 0. The maximum atomic E-state index is 15.7. The van der Waals surface area contributed by atoms with Crippen LogP contribution in [0, 0.1) is 66.2 Å². The third-order valence-corrected chi connectivity index (χ3v) is 17.2. The Bertz CT molecular complexity index is 1830. The molecule has 0 saturated heterocycles. The first-order valence-corrected chi connectivity index (χ1v) is 20.8. The third-order valence-electron chi connectivity index (χ3n) is 11.2. The van der Waals surface area contributed by atoms with Gasteiger partial charge in [-0.1, -0.05) is 69.3 Å².